The molecule has 2 aromatic carbocycles. The first-order valence-corrected chi connectivity index (χ1v) is 8.42. The van der Waals surface area contributed by atoms with Crippen molar-refractivity contribution in [1.82, 2.24) is 4.98 Å². The Bertz CT molecular complexity index is 974. The van der Waals surface area contributed by atoms with Crippen molar-refractivity contribution in [3.05, 3.63) is 83.1 Å². The van der Waals surface area contributed by atoms with Gasteiger partial charge in [-0.05, 0) is 48.5 Å². The maximum Gasteiger partial charge on any atom is 0.339 e. The molecule has 0 unspecified atom stereocenters. The van der Waals surface area contributed by atoms with E-state index in [4.69, 9.17) is 16.3 Å². The van der Waals surface area contributed by atoms with Crippen molar-refractivity contribution in [1.29, 1.82) is 0 Å². The van der Waals surface area contributed by atoms with Gasteiger partial charge in [-0.3, -0.25) is 9.78 Å². The summed E-state index contributed by atoms with van der Waals surface area (Å²) in [5, 5.41) is 6.45. The van der Waals surface area contributed by atoms with Crippen molar-refractivity contribution < 1.29 is 14.3 Å². The number of benzene rings is 2. The van der Waals surface area contributed by atoms with Crippen LogP contribution in [0.5, 0.6) is 0 Å². The molecule has 1 amide bonds. The summed E-state index contributed by atoms with van der Waals surface area (Å²) in [7, 11) is 1.32. The van der Waals surface area contributed by atoms with E-state index in [0.717, 1.165) is 0 Å². The van der Waals surface area contributed by atoms with Crippen molar-refractivity contribution >= 4 is 40.5 Å². The van der Waals surface area contributed by atoms with Gasteiger partial charge in [-0.2, -0.15) is 0 Å². The fraction of sp³-hybridized carbons (Fsp3) is 0.0500. The predicted molar refractivity (Wildman–Crippen MR) is 105 cm³/mol. The van der Waals surface area contributed by atoms with E-state index in [1.807, 2.05) is 0 Å². The number of rotatable bonds is 5. The zero-order chi connectivity index (χ0) is 19.2. The topological polar surface area (TPSA) is 80.3 Å². The average molecular weight is 382 g/mol. The van der Waals surface area contributed by atoms with Gasteiger partial charge < -0.3 is 15.4 Å². The van der Waals surface area contributed by atoms with Crippen molar-refractivity contribution in [2.45, 2.75) is 0 Å². The van der Waals surface area contributed by atoms with E-state index < -0.39 is 5.97 Å². The van der Waals surface area contributed by atoms with E-state index in [9.17, 15) is 9.59 Å². The van der Waals surface area contributed by atoms with Crippen LogP contribution in [-0.4, -0.2) is 24.0 Å². The fourth-order valence-corrected chi connectivity index (χ4v) is 2.52. The molecule has 0 aliphatic carbocycles. The van der Waals surface area contributed by atoms with E-state index in [2.05, 4.69) is 15.6 Å². The Kier molecular flexibility index (Phi) is 5.68. The highest BCUT2D eigenvalue weighted by Crippen LogP contribution is 2.22. The molecule has 136 valence electrons. The lowest BCUT2D eigenvalue weighted by molar-refractivity contribution is 0.0601. The Labute approximate surface area is 161 Å². The summed E-state index contributed by atoms with van der Waals surface area (Å²) >= 11 is 5.84. The molecule has 27 heavy (non-hydrogen) atoms. The van der Waals surface area contributed by atoms with Gasteiger partial charge in [0.25, 0.3) is 5.91 Å². The fourth-order valence-electron chi connectivity index (χ4n) is 2.40. The molecule has 6 nitrogen and oxygen atoms in total. The van der Waals surface area contributed by atoms with Crippen LogP contribution < -0.4 is 10.6 Å². The van der Waals surface area contributed by atoms with Crippen molar-refractivity contribution in [2.75, 3.05) is 17.7 Å². The highest BCUT2D eigenvalue weighted by molar-refractivity contribution is 6.30. The van der Waals surface area contributed by atoms with E-state index in [1.165, 1.54) is 13.3 Å². The number of nitrogens with zero attached hydrogens (tertiary/aromatic N) is 1. The van der Waals surface area contributed by atoms with E-state index >= 15 is 0 Å². The normalized spacial score (nSPS) is 10.1. The van der Waals surface area contributed by atoms with Gasteiger partial charge >= 0.3 is 5.97 Å². The van der Waals surface area contributed by atoms with Crippen LogP contribution in [0, 0.1) is 0 Å². The molecule has 0 aliphatic rings. The largest absolute Gasteiger partial charge is 0.465 e. The molecule has 7 heteroatoms. The third-order valence-corrected chi connectivity index (χ3v) is 3.96. The molecule has 0 bridgehead atoms. The van der Waals surface area contributed by atoms with Crippen molar-refractivity contribution in [3.8, 4) is 0 Å². The molecule has 3 rings (SSSR count). The number of aromatic nitrogens is 1. The molecular formula is C20H16ClN3O3. The predicted octanol–water partition coefficient (Wildman–Crippen LogP) is 4.52. The summed E-state index contributed by atoms with van der Waals surface area (Å²) < 4.78 is 4.79. The van der Waals surface area contributed by atoms with Gasteiger partial charge in [0.05, 0.1) is 18.4 Å². The van der Waals surface area contributed by atoms with E-state index in [0.29, 0.717) is 27.6 Å². The molecule has 2 N–H and O–H groups in total. The third-order valence-electron chi connectivity index (χ3n) is 3.71. The smallest absolute Gasteiger partial charge is 0.339 e. The number of nitrogens with one attached hydrogen (secondary N) is 2. The highest BCUT2D eigenvalue weighted by Gasteiger charge is 2.13. The van der Waals surface area contributed by atoms with Crippen LogP contribution in [0.3, 0.4) is 0 Å². The number of esters is 1. The van der Waals surface area contributed by atoms with E-state index in [1.54, 1.807) is 60.7 Å². The van der Waals surface area contributed by atoms with Crippen LogP contribution in [0.25, 0.3) is 0 Å². The number of para-hydroxylation sites is 1. The summed E-state index contributed by atoms with van der Waals surface area (Å²) in [5.74, 6) is -0.810. The maximum absolute atomic E-state index is 12.4. The van der Waals surface area contributed by atoms with Crippen molar-refractivity contribution in [2.24, 2.45) is 0 Å². The molecule has 0 saturated heterocycles. The summed E-state index contributed by atoms with van der Waals surface area (Å²) in [4.78, 5) is 28.4. The number of hydrogen-bond acceptors (Lipinski definition) is 5. The number of pyridine rings is 1. The Hall–Kier alpha value is -3.38. The molecule has 0 radical (unpaired) electrons. The first-order chi connectivity index (χ1) is 13.1. The molecule has 0 atom stereocenters. The van der Waals surface area contributed by atoms with Gasteiger partial charge in [0.2, 0.25) is 0 Å². The molecule has 0 saturated carbocycles. The van der Waals surface area contributed by atoms with Crippen LogP contribution in [0.1, 0.15) is 20.8 Å². The van der Waals surface area contributed by atoms with Gasteiger partial charge in [0.15, 0.2) is 0 Å². The maximum atomic E-state index is 12.4. The minimum absolute atomic E-state index is 0.227. The monoisotopic (exact) mass is 381 g/mol. The number of amides is 1. The van der Waals surface area contributed by atoms with Gasteiger partial charge in [-0.1, -0.05) is 23.7 Å². The molecule has 1 aromatic heterocycles. The second-order valence-corrected chi connectivity index (χ2v) is 5.99. The number of methoxy groups -OCH3 is 1. The molecule has 3 aromatic rings. The lowest BCUT2D eigenvalue weighted by Gasteiger charge is -2.11. The lowest BCUT2D eigenvalue weighted by Crippen LogP contribution is -2.14. The van der Waals surface area contributed by atoms with Gasteiger partial charge in [0, 0.05) is 22.6 Å². The molecule has 1 heterocycles. The number of hydrogen-bond donors (Lipinski definition) is 2. The standard InChI is InChI=1S/C20H16ClN3O3/c1-27-20(26)16-4-2-3-5-17(16)23-15-10-11-22-18(12-15)19(25)24-14-8-6-13(21)7-9-14/h2-12H,1H3,(H,22,23)(H,24,25). The molecule has 0 aliphatic heterocycles. The Morgan fingerprint density at radius 1 is 1.00 bits per heavy atom. The summed E-state index contributed by atoms with van der Waals surface area (Å²) in [6.07, 6.45) is 1.51. The minimum atomic E-state index is -0.451. The van der Waals surface area contributed by atoms with Crippen LogP contribution in [0.2, 0.25) is 5.02 Å². The number of anilines is 3. The first-order valence-electron chi connectivity index (χ1n) is 8.04. The molecule has 0 spiro atoms. The number of halogens is 1. The zero-order valence-electron chi connectivity index (χ0n) is 14.4. The van der Waals surface area contributed by atoms with Gasteiger partial charge in [-0.15, -0.1) is 0 Å². The Morgan fingerprint density at radius 2 is 1.74 bits per heavy atom. The van der Waals surface area contributed by atoms with Crippen LogP contribution in [-0.2, 0) is 4.74 Å². The van der Waals surface area contributed by atoms with Crippen molar-refractivity contribution in [3.63, 3.8) is 0 Å². The number of carbonyl (C=O) groups excluding carboxylic acids is 2. The van der Waals surface area contributed by atoms with Crippen LogP contribution >= 0.6 is 11.6 Å². The number of ether oxygens (including phenoxy) is 1. The zero-order valence-corrected chi connectivity index (χ0v) is 15.2. The lowest BCUT2D eigenvalue weighted by atomic mass is 10.1. The average Bonchev–Trinajstić information content (AvgIpc) is 2.70. The summed E-state index contributed by atoms with van der Waals surface area (Å²) in [5.41, 5.74) is 2.41. The quantitative estimate of drug-likeness (QED) is 0.635. The van der Waals surface area contributed by atoms with Gasteiger partial charge in [-0.25, -0.2) is 4.79 Å². The molecule has 0 fully saturated rings. The Balaban J connectivity index is 1.79. The second kappa shape index (κ2) is 8.33. The first kappa shape index (κ1) is 18.4. The summed E-state index contributed by atoms with van der Waals surface area (Å²) in [6, 6.07) is 17.0. The van der Waals surface area contributed by atoms with Crippen LogP contribution in [0.4, 0.5) is 17.1 Å². The summed E-state index contributed by atoms with van der Waals surface area (Å²) in [6.45, 7) is 0. The SMILES string of the molecule is COC(=O)c1ccccc1Nc1ccnc(C(=O)Nc2ccc(Cl)cc2)c1. The van der Waals surface area contributed by atoms with Gasteiger partial charge in [0.1, 0.15) is 5.69 Å². The van der Waals surface area contributed by atoms with E-state index in [-0.39, 0.29) is 11.6 Å². The van der Waals surface area contributed by atoms with Crippen LogP contribution in [0.15, 0.2) is 66.9 Å². The minimum Gasteiger partial charge on any atom is -0.465 e. The second-order valence-electron chi connectivity index (χ2n) is 5.55. The molecular weight excluding hydrogens is 366 g/mol. The third kappa shape index (κ3) is 4.62. The number of carbonyl (C=O) groups is 2. The Morgan fingerprint density at radius 3 is 2.48 bits per heavy atom. The highest BCUT2D eigenvalue weighted by atomic mass is 35.5.